The Kier molecular flexibility index (Phi) is 2.21. The second kappa shape index (κ2) is 2.88. The fourth-order valence-electron chi connectivity index (χ4n) is 1.35. The Bertz CT molecular complexity index is 190. The highest BCUT2D eigenvalue weighted by Crippen LogP contribution is 2.31. The molecule has 1 heterocycles. The summed E-state index contributed by atoms with van der Waals surface area (Å²) in [4.78, 5) is 11.4. The highest BCUT2D eigenvalue weighted by molar-refractivity contribution is 5.65. The van der Waals surface area contributed by atoms with Crippen LogP contribution in [0.1, 0.15) is 13.3 Å². The third-order valence-corrected chi connectivity index (χ3v) is 2.18. The molecule has 5 heteroatoms. The molecule has 1 unspecified atom stereocenters. The van der Waals surface area contributed by atoms with Crippen LogP contribution in [0.4, 0.5) is 13.6 Å². The maximum atomic E-state index is 12.6. The maximum Gasteiger partial charge on any atom is 0.407 e. The van der Waals surface area contributed by atoms with Gasteiger partial charge in [0.1, 0.15) is 0 Å². The molecular weight excluding hydrogens is 168 g/mol. The molecule has 0 aromatic rings. The smallest absolute Gasteiger partial charge is 0.407 e. The van der Waals surface area contributed by atoms with Gasteiger partial charge in [0.15, 0.2) is 0 Å². The predicted molar refractivity (Wildman–Crippen MR) is 38.3 cm³/mol. The molecule has 0 aromatic heterocycles. The van der Waals surface area contributed by atoms with Crippen LogP contribution in [-0.2, 0) is 0 Å². The molecule has 1 amide bonds. The zero-order valence-corrected chi connectivity index (χ0v) is 6.76. The summed E-state index contributed by atoms with van der Waals surface area (Å²) < 4.78 is 25.3. The number of hydrogen-bond donors (Lipinski definition) is 1. The van der Waals surface area contributed by atoms with E-state index in [1.807, 2.05) is 0 Å². The lowest BCUT2D eigenvalue weighted by Gasteiger charge is -2.18. The van der Waals surface area contributed by atoms with E-state index in [1.54, 1.807) is 0 Å². The zero-order chi connectivity index (χ0) is 9.35. The van der Waals surface area contributed by atoms with Crippen LogP contribution >= 0.6 is 0 Å². The Hall–Kier alpha value is -0.870. The first kappa shape index (κ1) is 9.22. The maximum absolute atomic E-state index is 12.6. The van der Waals surface area contributed by atoms with Crippen LogP contribution < -0.4 is 0 Å². The highest BCUT2D eigenvalue weighted by atomic mass is 19.3. The summed E-state index contributed by atoms with van der Waals surface area (Å²) in [5, 5.41) is 8.48. The summed E-state index contributed by atoms with van der Waals surface area (Å²) in [5.74, 6) is -3.57. The second-order valence-electron chi connectivity index (χ2n) is 3.17. The number of likely N-dealkylation sites (tertiary alicyclic amines) is 1. The first-order valence-electron chi connectivity index (χ1n) is 3.77. The van der Waals surface area contributed by atoms with Crippen LogP contribution in [0.3, 0.4) is 0 Å². The van der Waals surface area contributed by atoms with E-state index in [-0.39, 0.29) is 19.5 Å². The number of hydrogen-bond acceptors (Lipinski definition) is 1. The monoisotopic (exact) mass is 179 g/mol. The van der Waals surface area contributed by atoms with Crippen molar-refractivity contribution in [1.82, 2.24) is 4.90 Å². The van der Waals surface area contributed by atoms with Crippen LogP contribution in [0.25, 0.3) is 0 Å². The molecule has 0 aliphatic carbocycles. The van der Waals surface area contributed by atoms with Gasteiger partial charge in [-0.3, -0.25) is 0 Å². The third-order valence-electron chi connectivity index (χ3n) is 2.18. The number of amides is 1. The number of carbonyl (C=O) groups is 1. The molecule has 0 bridgehead atoms. The number of nitrogens with zero attached hydrogens (tertiary/aromatic N) is 1. The number of rotatable bonds is 1. The molecule has 0 spiro atoms. The Morgan fingerprint density at radius 1 is 1.67 bits per heavy atom. The average molecular weight is 179 g/mol. The minimum atomic E-state index is -2.76. The summed E-state index contributed by atoms with van der Waals surface area (Å²) in [5.41, 5.74) is 0. The number of alkyl halides is 2. The van der Waals surface area contributed by atoms with E-state index in [0.29, 0.717) is 0 Å². The van der Waals surface area contributed by atoms with Crippen LogP contribution in [0, 0.1) is 5.92 Å². The molecule has 0 aromatic carbocycles. The first-order valence-corrected chi connectivity index (χ1v) is 3.77. The van der Waals surface area contributed by atoms with Crippen LogP contribution in [0.15, 0.2) is 0 Å². The predicted octanol–water partition coefficient (Wildman–Crippen LogP) is 1.64. The summed E-state index contributed by atoms with van der Waals surface area (Å²) >= 11 is 0. The molecule has 0 saturated carbocycles. The molecule has 0 radical (unpaired) electrons. The van der Waals surface area contributed by atoms with Gasteiger partial charge in [0.2, 0.25) is 5.92 Å². The minimum absolute atomic E-state index is 0.0428. The van der Waals surface area contributed by atoms with Crippen molar-refractivity contribution < 1.29 is 18.7 Å². The van der Waals surface area contributed by atoms with E-state index in [0.717, 1.165) is 11.8 Å². The first-order chi connectivity index (χ1) is 5.41. The van der Waals surface area contributed by atoms with Crippen molar-refractivity contribution >= 4 is 6.09 Å². The molecular formula is C7H11F2NO2. The molecule has 1 fully saturated rings. The van der Waals surface area contributed by atoms with Gasteiger partial charge in [-0.1, -0.05) is 0 Å². The van der Waals surface area contributed by atoms with E-state index < -0.39 is 17.9 Å². The average Bonchev–Trinajstić information content (AvgIpc) is 2.30. The van der Waals surface area contributed by atoms with Gasteiger partial charge in [0.25, 0.3) is 0 Å². The molecule has 70 valence electrons. The SMILES string of the molecule is CC(F)(F)C1CCN(C(=O)O)C1. The van der Waals surface area contributed by atoms with Gasteiger partial charge in [-0.2, -0.15) is 0 Å². The molecule has 1 N–H and O–H groups in total. The number of carboxylic acid groups (broad SMARTS) is 1. The number of halogens is 2. The second-order valence-corrected chi connectivity index (χ2v) is 3.17. The standard InChI is InChI=1S/C7H11F2NO2/c1-7(8,9)5-2-3-10(4-5)6(11)12/h5H,2-4H2,1H3,(H,11,12). The Labute approximate surface area is 69.0 Å². The highest BCUT2D eigenvalue weighted by Gasteiger charge is 2.40. The van der Waals surface area contributed by atoms with E-state index in [4.69, 9.17) is 5.11 Å². The molecule has 12 heavy (non-hydrogen) atoms. The Balaban J connectivity index is 2.51. The third kappa shape index (κ3) is 1.84. The van der Waals surface area contributed by atoms with Gasteiger partial charge in [-0.05, 0) is 13.3 Å². The fourth-order valence-corrected chi connectivity index (χ4v) is 1.35. The van der Waals surface area contributed by atoms with Gasteiger partial charge in [-0.25, -0.2) is 13.6 Å². The normalized spacial score (nSPS) is 24.6. The lowest BCUT2D eigenvalue weighted by Crippen LogP contribution is -2.31. The minimum Gasteiger partial charge on any atom is -0.465 e. The lowest BCUT2D eigenvalue weighted by atomic mass is 10.0. The Morgan fingerprint density at radius 3 is 2.50 bits per heavy atom. The van der Waals surface area contributed by atoms with Crippen LogP contribution in [0.5, 0.6) is 0 Å². The summed E-state index contributed by atoms with van der Waals surface area (Å²) in [6.45, 7) is 1.02. The van der Waals surface area contributed by atoms with Crippen molar-refractivity contribution in [2.45, 2.75) is 19.3 Å². The van der Waals surface area contributed by atoms with E-state index in [2.05, 4.69) is 0 Å². The summed E-state index contributed by atoms with van der Waals surface area (Å²) in [6.07, 6.45) is -0.850. The van der Waals surface area contributed by atoms with Crippen molar-refractivity contribution in [3.63, 3.8) is 0 Å². The largest absolute Gasteiger partial charge is 0.465 e. The van der Waals surface area contributed by atoms with Gasteiger partial charge in [0.05, 0.1) is 0 Å². The topological polar surface area (TPSA) is 40.5 Å². The molecule has 1 aliphatic heterocycles. The summed E-state index contributed by atoms with van der Waals surface area (Å²) in [6, 6.07) is 0. The van der Waals surface area contributed by atoms with Crippen LogP contribution in [-0.4, -0.2) is 35.1 Å². The fraction of sp³-hybridized carbons (Fsp3) is 0.857. The van der Waals surface area contributed by atoms with Crippen LogP contribution in [0.2, 0.25) is 0 Å². The van der Waals surface area contributed by atoms with Crippen molar-refractivity contribution in [2.24, 2.45) is 5.92 Å². The van der Waals surface area contributed by atoms with Gasteiger partial charge < -0.3 is 10.0 Å². The van der Waals surface area contributed by atoms with Gasteiger partial charge in [-0.15, -0.1) is 0 Å². The van der Waals surface area contributed by atoms with E-state index in [9.17, 15) is 13.6 Å². The van der Waals surface area contributed by atoms with Gasteiger partial charge >= 0.3 is 6.09 Å². The molecule has 1 atom stereocenters. The van der Waals surface area contributed by atoms with E-state index in [1.165, 1.54) is 0 Å². The van der Waals surface area contributed by atoms with Crippen molar-refractivity contribution in [1.29, 1.82) is 0 Å². The van der Waals surface area contributed by atoms with E-state index >= 15 is 0 Å². The molecule has 1 rings (SSSR count). The lowest BCUT2D eigenvalue weighted by molar-refractivity contribution is -0.0344. The zero-order valence-electron chi connectivity index (χ0n) is 6.76. The molecule has 1 saturated heterocycles. The Morgan fingerprint density at radius 2 is 2.25 bits per heavy atom. The molecule has 1 aliphatic rings. The van der Waals surface area contributed by atoms with Crippen molar-refractivity contribution in [3.05, 3.63) is 0 Å². The summed E-state index contributed by atoms with van der Waals surface area (Å²) in [7, 11) is 0. The quantitative estimate of drug-likeness (QED) is 0.664. The van der Waals surface area contributed by atoms with Gasteiger partial charge in [0, 0.05) is 19.0 Å². The van der Waals surface area contributed by atoms with Crippen molar-refractivity contribution in [2.75, 3.05) is 13.1 Å². The molecule has 3 nitrogen and oxygen atoms in total. The van der Waals surface area contributed by atoms with Crippen molar-refractivity contribution in [3.8, 4) is 0 Å².